The first-order chi connectivity index (χ1) is 27.8. The van der Waals surface area contributed by atoms with E-state index in [0.717, 1.165) is 50.4 Å². The van der Waals surface area contributed by atoms with Crippen LogP contribution in [0.5, 0.6) is 0 Å². The number of fused-ring (bicyclic) bond motifs is 13. The molecule has 2 aromatic heterocycles. The van der Waals surface area contributed by atoms with Crippen molar-refractivity contribution in [2.45, 2.75) is 5.41 Å². The standard InChI is InChI=1S/C53H32N2O/c1-2-15-35(16-3-1)46-32-47(55-52(54-46)39-23-12-17-33-14-4-5-18-37(33)39)36-30-28-34(29-31-36)38-22-13-26-45-49(38)40-19-6-9-24-43(40)53(45)44-25-10-7-20-41(44)51-50(53)42-21-8-11-27-48(42)56-51/h1-32H. The topological polar surface area (TPSA) is 38.9 Å². The van der Waals surface area contributed by atoms with Crippen LogP contribution in [0.3, 0.4) is 0 Å². The van der Waals surface area contributed by atoms with Crippen LogP contribution in [0.4, 0.5) is 0 Å². The largest absolute Gasteiger partial charge is 0.456 e. The van der Waals surface area contributed by atoms with Crippen molar-refractivity contribution in [3.63, 3.8) is 0 Å². The molecule has 12 rings (SSSR count). The third-order valence-electron chi connectivity index (χ3n) is 11.9. The molecule has 260 valence electrons. The number of aromatic nitrogens is 2. The third kappa shape index (κ3) is 4.28. The first-order valence-electron chi connectivity index (χ1n) is 19.2. The van der Waals surface area contributed by atoms with Gasteiger partial charge in [-0.15, -0.1) is 0 Å². The molecule has 0 fully saturated rings. The average Bonchev–Trinajstić information content (AvgIpc) is 3.90. The molecule has 0 aliphatic heterocycles. The molecular weight excluding hydrogens is 681 g/mol. The first-order valence-corrected chi connectivity index (χ1v) is 19.2. The van der Waals surface area contributed by atoms with E-state index in [1.54, 1.807) is 0 Å². The fourth-order valence-electron chi connectivity index (χ4n) is 9.59. The Balaban J connectivity index is 1.03. The highest BCUT2D eigenvalue weighted by molar-refractivity contribution is 6.04. The van der Waals surface area contributed by atoms with E-state index in [1.165, 1.54) is 55.3 Å². The summed E-state index contributed by atoms with van der Waals surface area (Å²) in [5.41, 5.74) is 16.5. The number of hydrogen-bond donors (Lipinski definition) is 0. The maximum absolute atomic E-state index is 6.71. The Bertz CT molecular complexity index is 3190. The molecule has 0 saturated heterocycles. The maximum atomic E-state index is 6.71. The van der Waals surface area contributed by atoms with Crippen molar-refractivity contribution in [2.75, 3.05) is 0 Å². The number of hydrogen-bond acceptors (Lipinski definition) is 3. The summed E-state index contributed by atoms with van der Waals surface area (Å²) in [4.78, 5) is 10.4. The molecule has 1 spiro atoms. The van der Waals surface area contributed by atoms with Crippen LogP contribution in [0.2, 0.25) is 0 Å². The Kier molecular flexibility index (Phi) is 6.55. The molecule has 2 heterocycles. The second kappa shape index (κ2) is 11.8. The quantitative estimate of drug-likeness (QED) is 0.182. The van der Waals surface area contributed by atoms with Crippen LogP contribution in [0.15, 0.2) is 199 Å². The van der Waals surface area contributed by atoms with E-state index in [-0.39, 0.29) is 0 Å². The summed E-state index contributed by atoms with van der Waals surface area (Å²) in [7, 11) is 0. The summed E-state index contributed by atoms with van der Waals surface area (Å²) in [5.74, 6) is 1.69. The van der Waals surface area contributed by atoms with Crippen LogP contribution in [-0.2, 0) is 5.41 Å². The van der Waals surface area contributed by atoms with Crippen molar-refractivity contribution in [3.05, 3.63) is 216 Å². The van der Waals surface area contributed by atoms with Crippen molar-refractivity contribution in [2.24, 2.45) is 0 Å². The normalized spacial score (nSPS) is 14.9. The van der Waals surface area contributed by atoms with E-state index in [9.17, 15) is 0 Å². The van der Waals surface area contributed by atoms with Crippen molar-refractivity contribution in [1.29, 1.82) is 0 Å². The van der Waals surface area contributed by atoms with Gasteiger partial charge in [-0.1, -0.05) is 182 Å². The Labute approximate surface area is 324 Å². The first kappa shape index (κ1) is 31.0. The van der Waals surface area contributed by atoms with Gasteiger partial charge in [0.05, 0.1) is 16.8 Å². The minimum absolute atomic E-state index is 0.493. The monoisotopic (exact) mass is 712 g/mol. The highest BCUT2D eigenvalue weighted by Crippen LogP contribution is 2.65. The van der Waals surface area contributed by atoms with Crippen LogP contribution in [0.1, 0.15) is 22.3 Å². The molecule has 0 bridgehead atoms. The Morgan fingerprint density at radius 1 is 0.393 bits per heavy atom. The Hall–Kier alpha value is -7.36. The number of benzene rings is 8. The summed E-state index contributed by atoms with van der Waals surface area (Å²) in [5, 5.41) is 3.47. The lowest BCUT2D eigenvalue weighted by Gasteiger charge is -2.30. The van der Waals surface area contributed by atoms with Crippen molar-refractivity contribution in [1.82, 2.24) is 9.97 Å². The molecule has 8 aromatic carbocycles. The summed E-state index contributed by atoms with van der Waals surface area (Å²) in [6.07, 6.45) is 0. The Morgan fingerprint density at radius 3 is 1.77 bits per heavy atom. The van der Waals surface area contributed by atoms with E-state index in [4.69, 9.17) is 14.4 Å². The zero-order valence-corrected chi connectivity index (χ0v) is 30.3. The molecule has 1 atom stereocenters. The molecule has 56 heavy (non-hydrogen) atoms. The average molecular weight is 713 g/mol. The molecular formula is C53H32N2O. The minimum atomic E-state index is -0.493. The lowest BCUT2D eigenvalue weighted by atomic mass is 9.70. The van der Waals surface area contributed by atoms with E-state index in [0.29, 0.717) is 5.82 Å². The fourth-order valence-corrected chi connectivity index (χ4v) is 9.59. The zero-order valence-electron chi connectivity index (χ0n) is 30.3. The van der Waals surface area contributed by atoms with Gasteiger partial charge in [0.15, 0.2) is 5.82 Å². The molecule has 0 N–H and O–H groups in total. The van der Waals surface area contributed by atoms with Crippen LogP contribution >= 0.6 is 0 Å². The van der Waals surface area contributed by atoms with Gasteiger partial charge in [-0.3, -0.25) is 0 Å². The van der Waals surface area contributed by atoms with Gasteiger partial charge in [-0.05, 0) is 61.8 Å². The molecule has 2 aliphatic carbocycles. The number of furan rings is 1. The van der Waals surface area contributed by atoms with Gasteiger partial charge in [0.2, 0.25) is 0 Å². The Morgan fingerprint density at radius 2 is 0.946 bits per heavy atom. The zero-order chi connectivity index (χ0) is 36.8. The molecule has 10 aromatic rings. The highest BCUT2D eigenvalue weighted by atomic mass is 16.3. The van der Waals surface area contributed by atoms with Crippen LogP contribution in [-0.4, -0.2) is 9.97 Å². The second-order valence-electron chi connectivity index (χ2n) is 14.8. The van der Waals surface area contributed by atoms with E-state index in [2.05, 4.69) is 188 Å². The lowest BCUT2D eigenvalue weighted by Crippen LogP contribution is -2.25. The molecule has 0 saturated carbocycles. The van der Waals surface area contributed by atoms with Crippen molar-refractivity contribution in [3.8, 4) is 67.5 Å². The molecule has 3 heteroatoms. The fraction of sp³-hybridized carbons (Fsp3) is 0.0189. The minimum Gasteiger partial charge on any atom is -0.456 e. The summed E-state index contributed by atoms with van der Waals surface area (Å²) < 4.78 is 6.71. The van der Waals surface area contributed by atoms with Crippen LogP contribution in [0, 0.1) is 0 Å². The second-order valence-corrected chi connectivity index (χ2v) is 14.8. The summed E-state index contributed by atoms with van der Waals surface area (Å²) in [6.45, 7) is 0. The van der Waals surface area contributed by atoms with Gasteiger partial charge in [0, 0.05) is 33.2 Å². The number of nitrogens with zero attached hydrogens (tertiary/aromatic N) is 2. The van der Waals surface area contributed by atoms with Gasteiger partial charge >= 0.3 is 0 Å². The third-order valence-corrected chi connectivity index (χ3v) is 11.9. The summed E-state index contributed by atoms with van der Waals surface area (Å²) >= 11 is 0. The maximum Gasteiger partial charge on any atom is 0.161 e. The van der Waals surface area contributed by atoms with Gasteiger partial charge in [-0.25, -0.2) is 9.97 Å². The predicted molar refractivity (Wildman–Crippen MR) is 227 cm³/mol. The number of para-hydroxylation sites is 1. The van der Waals surface area contributed by atoms with Crippen molar-refractivity contribution >= 4 is 21.7 Å². The smallest absolute Gasteiger partial charge is 0.161 e. The van der Waals surface area contributed by atoms with E-state index < -0.39 is 5.41 Å². The SMILES string of the molecule is c1ccc(-c2cc(-c3ccc(-c4cccc5c4-c4ccccc4C54c5ccccc5-c5oc6ccccc6c54)cc3)nc(-c3cccc4ccccc34)n2)cc1. The van der Waals surface area contributed by atoms with Crippen LogP contribution < -0.4 is 0 Å². The van der Waals surface area contributed by atoms with E-state index in [1.807, 2.05) is 6.07 Å². The van der Waals surface area contributed by atoms with Gasteiger partial charge in [-0.2, -0.15) is 0 Å². The van der Waals surface area contributed by atoms with Crippen molar-refractivity contribution < 1.29 is 4.42 Å². The molecule has 1 unspecified atom stereocenters. The van der Waals surface area contributed by atoms with Gasteiger partial charge in [0.25, 0.3) is 0 Å². The molecule has 2 aliphatic rings. The number of rotatable bonds is 4. The van der Waals surface area contributed by atoms with Gasteiger partial charge < -0.3 is 4.42 Å². The predicted octanol–water partition coefficient (Wildman–Crippen LogP) is 13.4. The van der Waals surface area contributed by atoms with Gasteiger partial charge in [0.1, 0.15) is 11.3 Å². The molecule has 0 radical (unpaired) electrons. The molecule has 3 nitrogen and oxygen atoms in total. The lowest BCUT2D eigenvalue weighted by molar-refractivity contribution is 0.628. The molecule has 0 amide bonds. The highest BCUT2D eigenvalue weighted by Gasteiger charge is 2.54. The summed E-state index contributed by atoms with van der Waals surface area (Å²) in [6, 6.07) is 69.3. The van der Waals surface area contributed by atoms with E-state index >= 15 is 0 Å². The van der Waals surface area contributed by atoms with Crippen LogP contribution in [0.25, 0.3) is 89.2 Å².